The van der Waals surface area contributed by atoms with E-state index in [9.17, 15) is 9.59 Å². The summed E-state index contributed by atoms with van der Waals surface area (Å²) in [7, 11) is 0. The minimum atomic E-state index is -0.614. The number of benzene rings is 2. The quantitative estimate of drug-likeness (QED) is 0.699. The van der Waals surface area contributed by atoms with Gasteiger partial charge < -0.3 is 15.5 Å². The maximum absolute atomic E-state index is 13.5. The number of carbonyl (C=O) groups excluding carboxylic acids is 2. The van der Waals surface area contributed by atoms with Gasteiger partial charge in [0.25, 0.3) is 5.91 Å². The number of carbonyl (C=O) groups is 2. The van der Waals surface area contributed by atoms with Crippen LogP contribution in [0.3, 0.4) is 0 Å². The number of rotatable bonds is 5. The van der Waals surface area contributed by atoms with Gasteiger partial charge in [-0.15, -0.1) is 0 Å². The van der Waals surface area contributed by atoms with Crippen LogP contribution in [0.15, 0.2) is 42.5 Å². The molecule has 1 aliphatic heterocycles. The Hall–Kier alpha value is -2.47. The van der Waals surface area contributed by atoms with Crippen LogP contribution >= 0.6 is 12.2 Å². The molecule has 2 aliphatic rings. The number of fused-ring (bicyclic) bond motifs is 2. The first kappa shape index (κ1) is 21.8. The number of likely N-dealkylation sites (tertiary alicyclic amines) is 1. The fraction of sp³-hybridized carbons (Fsp3) is 0.480. The number of thiocarbonyl (C=S) groups is 1. The molecule has 2 N–H and O–H groups in total. The third-order valence-electron chi connectivity index (χ3n) is 7.40. The van der Waals surface area contributed by atoms with Crippen molar-refractivity contribution in [3.05, 3.63) is 48.0 Å². The van der Waals surface area contributed by atoms with Gasteiger partial charge in [-0.2, -0.15) is 0 Å². The molecule has 0 aromatic heterocycles. The highest BCUT2D eigenvalue weighted by Gasteiger charge is 2.75. The maximum Gasteiger partial charge on any atom is 0.251 e. The molecule has 0 radical (unpaired) electrons. The van der Waals surface area contributed by atoms with Gasteiger partial charge in [0, 0.05) is 24.6 Å². The highest BCUT2D eigenvalue weighted by molar-refractivity contribution is 7.78. The predicted molar refractivity (Wildman–Crippen MR) is 128 cm³/mol. The van der Waals surface area contributed by atoms with E-state index < -0.39 is 11.5 Å². The number of nitrogens with zero attached hydrogens (tertiary/aromatic N) is 1. The summed E-state index contributed by atoms with van der Waals surface area (Å²) in [4.78, 5) is 28.5. The van der Waals surface area contributed by atoms with Crippen LogP contribution in [0.2, 0.25) is 0 Å². The smallest absolute Gasteiger partial charge is 0.251 e. The summed E-state index contributed by atoms with van der Waals surface area (Å²) in [5, 5.41) is 8.46. The number of nitrogens with one attached hydrogen (secondary N) is 2. The van der Waals surface area contributed by atoms with Crippen LogP contribution in [0.25, 0.3) is 10.8 Å². The number of piperidine rings is 1. The number of amides is 2. The molecule has 31 heavy (non-hydrogen) atoms. The van der Waals surface area contributed by atoms with Crippen molar-refractivity contribution in [2.75, 3.05) is 13.1 Å². The average molecular weight is 438 g/mol. The van der Waals surface area contributed by atoms with Crippen molar-refractivity contribution >= 4 is 40.3 Å². The first-order chi connectivity index (χ1) is 14.5. The number of hydrogen-bond acceptors (Lipinski definition) is 3. The van der Waals surface area contributed by atoms with E-state index in [0.717, 1.165) is 10.8 Å². The van der Waals surface area contributed by atoms with Crippen LogP contribution in [-0.4, -0.2) is 46.9 Å². The van der Waals surface area contributed by atoms with Crippen LogP contribution in [0.1, 0.15) is 45.0 Å². The normalized spacial score (nSPS) is 24.9. The van der Waals surface area contributed by atoms with Crippen molar-refractivity contribution in [3.8, 4) is 0 Å². The van der Waals surface area contributed by atoms with E-state index >= 15 is 0 Å². The van der Waals surface area contributed by atoms with Crippen LogP contribution < -0.4 is 10.6 Å². The lowest BCUT2D eigenvalue weighted by Crippen LogP contribution is -2.56. The molecule has 5 nitrogen and oxygen atoms in total. The third-order valence-corrected chi connectivity index (χ3v) is 7.52. The van der Waals surface area contributed by atoms with Gasteiger partial charge in [0.15, 0.2) is 0 Å². The summed E-state index contributed by atoms with van der Waals surface area (Å²) in [6, 6.07) is 12.9. The third kappa shape index (κ3) is 3.51. The molecule has 6 heteroatoms. The van der Waals surface area contributed by atoms with E-state index in [-0.39, 0.29) is 22.8 Å². The first-order valence-corrected chi connectivity index (χ1v) is 11.3. The molecular formula is C25H31N3O2S. The summed E-state index contributed by atoms with van der Waals surface area (Å²) in [6.07, 6.45) is 0. The molecule has 1 unspecified atom stereocenters. The van der Waals surface area contributed by atoms with Crippen molar-refractivity contribution in [3.63, 3.8) is 0 Å². The zero-order valence-corrected chi connectivity index (χ0v) is 19.7. The standard InChI is InChI=1S/C25H31N3O2S/c1-23(2,3)20(22(30)28-13-19-24(4,5)25(19,14-28)26-15-31)27-21(29)18-11-10-16-8-6-7-9-17(16)12-18/h6-12,15,19-20H,13-14H2,1-5H3,(H,26,31)(H,27,29)/t19?,20-,25+/m1/s1. The molecule has 4 rings (SSSR count). The topological polar surface area (TPSA) is 61.4 Å². The van der Waals surface area contributed by atoms with Gasteiger partial charge in [-0.1, -0.05) is 77.2 Å². The summed E-state index contributed by atoms with van der Waals surface area (Å²) in [5.41, 5.74) is 1.65. The van der Waals surface area contributed by atoms with E-state index in [1.165, 1.54) is 0 Å². The van der Waals surface area contributed by atoms with Gasteiger partial charge in [0.1, 0.15) is 6.04 Å². The Morgan fingerprint density at radius 1 is 1.16 bits per heavy atom. The molecule has 1 saturated carbocycles. The van der Waals surface area contributed by atoms with E-state index in [1.54, 1.807) is 5.49 Å². The zero-order valence-electron chi connectivity index (χ0n) is 18.9. The molecule has 1 saturated heterocycles. The van der Waals surface area contributed by atoms with Crippen LogP contribution in [0.4, 0.5) is 0 Å². The largest absolute Gasteiger partial charge is 0.374 e. The Morgan fingerprint density at radius 3 is 2.48 bits per heavy atom. The van der Waals surface area contributed by atoms with Gasteiger partial charge in [-0.25, -0.2) is 0 Å². The fourth-order valence-electron chi connectivity index (χ4n) is 5.23. The molecule has 2 amide bonds. The lowest BCUT2D eigenvalue weighted by atomic mass is 9.85. The van der Waals surface area contributed by atoms with Crippen molar-refractivity contribution < 1.29 is 9.59 Å². The fourth-order valence-corrected chi connectivity index (χ4v) is 5.44. The minimum absolute atomic E-state index is 0.0322. The van der Waals surface area contributed by atoms with Crippen LogP contribution in [-0.2, 0) is 4.79 Å². The Labute approximate surface area is 189 Å². The molecule has 2 aromatic carbocycles. The summed E-state index contributed by atoms with van der Waals surface area (Å²) in [5.74, 6) is 0.102. The highest BCUT2D eigenvalue weighted by atomic mass is 32.1. The van der Waals surface area contributed by atoms with E-state index in [0.29, 0.717) is 24.6 Å². The zero-order chi connectivity index (χ0) is 22.6. The van der Waals surface area contributed by atoms with E-state index in [2.05, 4.69) is 24.5 Å². The Bertz CT molecular complexity index is 1060. The second-order valence-corrected chi connectivity index (χ2v) is 10.8. The Morgan fingerprint density at radius 2 is 1.84 bits per heavy atom. The lowest BCUT2D eigenvalue weighted by molar-refractivity contribution is -0.135. The lowest BCUT2D eigenvalue weighted by Gasteiger charge is -2.35. The summed E-state index contributed by atoms with van der Waals surface area (Å²) >= 11 is 5.05. The molecule has 1 heterocycles. The molecule has 2 fully saturated rings. The van der Waals surface area contributed by atoms with E-state index in [1.807, 2.05) is 68.1 Å². The molecule has 164 valence electrons. The van der Waals surface area contributed by atoms with Crippen molar-refractivity contribution in [1.82, 2.24) is 15.5 Å². The minimum Gasteiger partial charge on any atom is -0.374 e. The molecule has 0 spiro atoms. The Kier molecular flexibility index (Phi) is 5.12. The molecule has 3 atom stereocenters. The van der Waals surface area contributed by atoms with Crippen molar-refractivity contribution in [2.45, 2.75) is 46.2 Å². The Balaban J connectivity index is 1.53. The molecule has 1 aliphatic carbocycles. The van der Waals surface area contributed by atoms with Crippen LogP contribution in [0.5, 0.6) is 0 Å². The van der Waals surface area contributed by atoms with Crippen molar-refractivity contribution in [1.29, 1.82) is 0 Å². The van der Waals surface area contributed by atoms with Gasteiger partial charge in [-0.3, -0.25) is 9.59 Å². The SMILES string of the molecule is CC(C)(C)[C@H](NC(=O)c1ccc2ccccc2c1)C(=O)N1CC2C(C)(C)[C@]2(NC=S)C1. The summed E-state index contributed by atoms with van der Waals surface area (Å²) in [6.45, 7) is 11.7. The first-order valence-electron chi connectivity index (χ1n) is 10.8. The van der Waals surface area contributed by atoms with Crippen molar-refractivity contribution in [2.24, 2.45) is 16.7 Å². The molecule has 0 bridgehead atoms. The van der Waals surface area contributed by atoms with Gasteiger partial charge in [0.05, 0.1) is 11.0 Å². The second kappa shape index (κ2) is 7.30. The summed E-state index contributed by atoms with van der Waals surface area (Å²) < 4.78 is 0. The van der Waals surface area contributed by atoms with Gasteiger partial charge in [-0.05, 0) is 33.7 Å². The van der Waals surface area contributed by atoms with Gasteiger partial charge >= 0.3 is 0 Å². The maximum atomic E-state index is 13.5. The highest BCUT2D eigenvalue weighted by Crippen LogP contribution is 2.65. The van der Waals surface area contributed by atoms with Gasteiger partial charge in [0.2, 0.25) is 5.91 Å². The number of hydrogen-bond donors (Lipinski definition) is 2. The molecule has 2 aromatic rings. The van der Waals surface area contributed by atoms with Crippen LogP contribution in [0, 0.1) is 16.7 Å². The van der Waals surface area contributed by atoms with E-state index in [4.69, 9.17) is 12.2 Å². The average Bonchev–Trinajstić information content (AvgIpc) is 3.01. The predicted octanol–water partition coefficient (Wildman–Crippen LogP) is 3.77. The monoisotopic (exact) mass is 437 g/mol. The second-order valence-electron chi connectivity index (χ2n) is 10.6. The molecular weight excluding hydrogens is 406 g/mol.